The van der Waals surface area contributed by atoms with Crippen molar-refractivity contribution in [3.63, 3.8) is 0 Å². The average Bonchev–Trinajstić information content (AvgIpc) is 3.28. The molecule has 0 spiro atoms. The summed E-state index contributed by atoms with van der Waals surface area (Å²) in [6, 6.07) is 20.4. The Kier molecular flexibility index (Phi) is 8.03. The maximum atomic E-state index is 5.72. The minimum Gasteiger partial charge on any atom is -0.496 e. The lowest BCUT2D eigenvalue weighted by Gasteiger charge is -2.35. The van der Waals surface area contributed by atoms with Gasteiger partial charge in [-0.3, -0.25) is 4.90 Å². The Hall–Kier alpha value is -2.87. The lowest BCUT2D eigenvalue weighted by atomic mass is 9.97. The highest BCUT2D eigenvalue weighted by molar-refractivity contribution is 7.74. The van der Waals surface area contributed by atoms with Gasteiger partial charge < -0.3 is 9.47 Å². The summed E-state index contributed by atoms with van der Waals surface area (Å²) in [5.74, 6) is 1.95. The predicted octanol–water partition coefficient (Wildman–Crippen LogP) is 6.54. The summed E-state index contributed by atoms with van der Waals surface area (Å²) < 4.78 is 11.4. The molecule has 0 N–H and O–H groups in total. The van der Waals surface area contributed by atoms with Crippen LogP contribution in [0.4, 0.5) is 0 Å². The van der Waals surface area contributed by atoms with Crippen LogP contribution in [-0.4, -0.2) is 38.9 Å². The highest BCUT2D eigenvalue weighted by Crippen LogP contribution is 2.51. The Morgan fingerprint density at radius 1 is 0.750 bits per heavy atom. The van der Waals surface area contributed by atoms with Crippen LogP contribution >= 0.6 is 7.92 Å². The number of methoxy groups -OCH3 is 2. The molecule has 0 saturated carbocycles. The van der Waals surface area contributed by atoms with E-state index in [-0.39, 0.29) is 11.7 Å². The Balaban J connectivity index is 1.91. The zero-order chi connectivity index (χ0) is 26.0. The Morgan fingerprint density at radius 2 is 1.22 bits per heavy atom. The highest BCUT2D eigenvalue weighted by Gasteiger charge is 2.34. The van der Waals surface area contributed by atoms with Gasteiger partial charge in [0.2, 0.25) is 0 Å². The maximum Gasteiger partial charge on any atom is 0.124 e. The Bertz CT molecular complexity index is 1190. The molecule has 2 atom stereocenters. The molecule has 0 radical (unpaired) electrons. The van der Waals surface area contributed by atoms with Crippen molar-refractivity contribution in [3.05, 3.63) is 106 Å². The SMILES string of the molecule is COc1c(C)cc(P(c2cc(C)c(OC)c(C)c2)C2C=CC=C2[C@H](c2ccccc2)N(C)C)cc1C. The number of benzene rings is 3. The van der Waals surface area contributed by atoms with Crippen molar-refractivity contribution in [1.29, 1.82) is 0 Å². The third kappa shape index (κ3) is 5.01. The zero-order valence-corrected chi connectivity index (χ0v) is 23.7. The van der Waals surface area contributed by atoms with Gasteiger partial charge >= 0.3 is 0 Å². The lowest BCUT2D eigenvalue weighted by molar-refractivity contribution is 0.335. The molecule has 0 aliphatic heterocycles. The smallest absolute Gasteiger partial charge is 0.124 e. The van der Waals surface area contributed by atoms with Crippen LogP contribution in [0.1, 0.15) is 33.9 Å². The van der Waals surface area contributed by atoms with Crippen molar-refractivity contribution < 1.29 is 9.47 Å². The van der Waals surface area contributed by atoms with E-state index in [1.807, 2.05) is 0 Å². The van der Waals surface area contributed by atoms with E-state index in [0.29, 0.717) is 0 Å². The molecule has 0 heterocycles. The summed E-state index contributed by atoms with van der Waals surface area (Å²) in [6.07, 6.45) is 7.00. The Labute approximate surface area is 218 Å². The van der Waals surface area contributed by atoms with Gasteiger partial charge in [-0.25, -0.2) is 0 Å². The largest absolute Gasteiger partial charge is 0.496 e. The van der Waals surface area contributed by atoms with Crippen molar-refractivity contribution in [2.45, 2.75) is 39.4 Å². The number of nitrogens with zero attached hydrogens (tertiary/aromatic N) is 1. The molecule has 0 aromatic heterocycles. The number of hydrogen-bond donors (Lipinski definition) is 0. The average molecular weight is 500 g/mol. The third-order valence-corrected chi connectivity index (χ3v) is 9.66. The third-order valence-electron chi connectivity index (χ3n) is 7.00. The molecule has 0 fully saturated rings. The first-order chi connectivity index (χ1) is 17.3. The van der Waals surface area contributed by atoms with Gasteiger partial charge in [-0.1, -0.05) is 48.6 Å². The molecule has 4 rings (SSSR count). The lowest BCUT2D eigenvalue weighted by Crippen LogP contribution is -2.29. The standard InChI is InChI=1S/C32H38NO2P/c1-21-17-26(18-22(2)31(21)34-7)36(27-19-23(3)32(35-8)24(4)20-27)29-16-12-15-28(29)30(33(5)6)25-13-10-9-11-14-25/h9-20,29-30H,1-8H3/t29?,30-/m0/s1. The van der Waals surface area contributed by atoms with Crippen LogP contribution < -0.4 is 20.1 Å². The normalized spacial score (nSPS) is 15.9. The molecule has 3 nitrogen and oxygen atoms in total. The maximum absolute atomic E-state index is 5.72. The van der Waals surface area contributed by atoms with E-state index in [1.54, 1.807) is 14.2 Å². The number of aryl methyl sites for hydroxylation is 4. The minimum absolute atomic E-state index is 0.206. The molecule has 188 valence electrons. The van der Waals surface area contributed by atoms with Gasteiger partial charge in [0, 0.05) is 5.66 Å². The first-order valence-electron chi connectivity index (χ1n) is 12.5. The molecule has 0 bridgehead atoms. The van der Waals surface area contributed by atoms with Crippen LogP contribution in [0.25, 0.3) is 0 Å². The van der Waals surface area contributed by atoms with Crippen LogP contribution in [0.3, 0.4) is 0 Å². The summed E-state index contributed by atoms with van der Waals surface area (Å²) in [4.78, 5) is 2.34. The van der Waals surface area contributed by atoms with E-state index in [4.69, 9.17) is 9.47 Å². The second-order valence-electron chi connectivity index (χ2n) is 9.87. The van der Waals surface area contributed by atoms with Gasteiger partial charge in [-0.2, -0.15) is 0 Å². The predicted molar refractivity (Wildman–Crippen MR) is 155 cm³/mol. The van der Waals surface area contributed by atoms with E-state index in [0.717, 1.165) is 11.5 Å². The molecule has 1 aliphatic carbocycles. The molecule has 4 heteroatoms. The summed E-state index contributed by atoms with van der Waals surface area (Å²) in [6.45, 7) is 8.62. The van der Waals surface area contributed by atoms with E-state index in [2.05, 4.69) is 120 Å². The molecular weight excluding hydrogens is 461 g/mol. The highest BCUT2D eigenvalue weighted by atomic mass is 31.1. The van der Waals surface area contributed by atoms with Gasteiger partial charge in [0.15, 0.2) is 0 Å². The molecule has 0 saturated heterocycles. The van der Waals surface area contributed by atoms with Crippen LogP contribution in [0.15, 0.2) is 78.4 Å². The van der Waals surface area contributed by atoms with Crippen molar-refractivity contribution in [2.75, 3.05) is 28.3 Å². The summed E-state index contributed by atoms with van der Waals surface area (Å²) >= 11 is 0. The second kappa shape index (κ2) is 11.0. The van der Waals surface area contributed by atoms with Crippen LogP contribution in [0.2, 0.25) is 0 Å². The molecule has 3 aromatic rings. The molecule has 1 unspecified atom stereocenters. The summed E-state index contributed by atoms with van der Waals surface area (Å²) in [7, 11) is 7.15. The summed E-state index contributed by atoms with van der Waals surface area (Å²) in [5, 5.41) is 2.75. The zero-order valence-electron chi connectivity index (χ0n) is 22.8. The first kappa shape index (κ1) is 26.2. The second-order valence-corrected chi connectivity index (χ2v) is 12.2. The van der Waals surface area contributed by atoms with Gasteiger partial charge in [0.25, 0.3) is 0 Å². The number of ether oxygens (including phenoxy) is 2. The number of allylic oxidation sites excluding steroid dienone is 3. The fraction of sp³-hybridized carbons (Fsp3) is 0.312. The molecule has 36 heavy (non-hydrogen) atoms. The number of likely N-dealkylation sites (N-methyl/N-ethyl adjacent to an activating group) is 1. The molecule has 1 aliphatic rings. The molecule has 3 aromatic carbocycles. The van der Waals surface area contributed by atoms with E-state index < -0.39 is 7.92 Å². The fourth-order valence-corrected chi connectivity index (χ4v) is 8.71. The van der Waals surface area contributed by atoms with Crippen LogP contribution in [0.5, 0.6) is 11.5 Å². The van der Waals surface area contributed by atoms with E-state index >= 15 is 0 Å². The van der Waals surface area contributed by atoms with Crippen molar-refractivity contribution in [2.24, 2.45) is 0 Å². The fourth-order valence-electron chi connectivity index (χ4n) is 5.64. The Morgan fingerprint density at radius 3 is 1.64 bits per heavy atom. The van der Waals surface area contributed by atoms with Gasteiger partial charge in [-0.05, 0) is 118 Å². The number of hydrogen-bond acceptors (Lipinski definition) is 3. The molecule has 0 amide bonds. The quantitative estimate of drug-likeness (QED) is 0.329. The number of rotatable bonds is 8. The minimum atomic E-state index is -0.731. The summed E-state index contributed by atoms with van der Waals surface area (Å²) in [5.41, 5.74) is 7.77. The van der Waals surface area contributed by atoms with E-state index in [1.165, 1.54) is 44.0 Å². The topological polar surface area (TPSA) is 21.7 Å². The van der Waals surface area contributed by atoms with Gasteiger partial charge in [0.05, 0.1) is 20.3 Å². The first-order valence-corrected chi connectivity index (χ1v) is 13.9. The van der Waals surface area contributed by atoms with Crippen molar-refractivity contribution in [1.82, 2.24) is 4.90 Å². The van der Waals surface area contributed by atoms with Gasteiger partial charge in [-0.15, -0.1) is 0 Å². The molecular formula is C32H38NO2P. The van der Waals surface area contributed by atoms with Crippen LogP contribution in [-0.2, 0) is 0 Å². The monoisotopic (exact) mass is 499 g/mol. The van der Waals surface area contributed by atoms with Crippen molar-refractivity contribution >= 4 is 18.5 Å². The van der Waals surface area contributed by atoms with Crippen LogP contribution in [0, 0.1) is 27.7 Å². The van der Waals surface area contributed by atoms with Crippen molar-refractivity contribution in [3.8, 4) is 11.5 Å². The van der Waals surface area contributed by atoms with E-state index in [9.17, 15) is 0 Å². The van der Waals surface area contributed by atoms with Gasteiger partial charge in [0.1, 0.15) is 11.5 Å².